The van der Waals surface area contributed by atoms with E-state index in [9.17, 15) is 9.59 Å². The maximum atomic E-state index is 13.7. The van der Waals surface area contributed by atoms with Gasteiger partial charge in [0.15, 0.2) is 0 Å². The average Bonchev–Trinajstić information content (AvgIpc) is 3.49. The summed E-state index contributed by atoms with van der Waals surface area (Å²) >= 11 is 9.79. The number of carbonyl (C=O) groups is 2. The average molecular weight is 592 g/mol. The molecular weight excluding hydrogens is 556 g/mol. The molecule has 2 aliphatic heterocycles. The van der Waals surface area contributed by atoms with E-state index < -0.39 is 13.5 Å². The summed E-state index contributed by atoms with van der Waals surface area (Å²) < 4.78 is 5.87. The second kappa shape index (κ2) is 10.2. The van der Waals surface area contributed by atoms with Gasteiger partial charge in [0.05, 0.1) is 6.04 Å². The van der Waals surface area contributed by atoms with E-state index in [1.165, 1.54) is 6.04 Å². The molecule has 5 nitrogen and oxygen atoms in total. The Labute approximate surface area is 228 Å². The summed E-state index contributed by atoms with van der Waals surface area (Å²) in [6.45, 7) is 10.2. The summed E-state index contributed by atoms with van der Waals surface area (Å²) in [6, 6.07) is 14.5. The first-order chi connectivity index (χ1) is 16.9. The molecule has 0 radical (unpaired) electrons. The van der Waals surface area contributed by atoms with Crippen LogP contribution in [0, 0.1) is 5.41 Å². The molecule has 3 atom stereocenters. The van der Waals surface area contributed by atoms with Crippen LogP contribution in [0.3, 0.4) is 0 Å². The summed E-state index contributed by atoms with van der Waals surface area (Å²) in [4.78, 5) is 26.4. The van der Waals surface area contributed by atoms with Gasteiger partial charge < -0.3 is 15.4 Å². The number of methoxy groups -OCH3 is 1. The van der Waals surface area contributed by atoms with E-state index in [4.69, 9.17) is 16.3 Å². The Kier molecular flexibility index (Phi) is 7.78. The van der Waals surface area contributed by atoms with E-state index in [1.807, 2.05) is 42.5 Å². The Morgan fingerprint density at radius 2 is 1.86 bits per heavy atom. The van der Waals surface area contributed by atoms with Crippen molar-refractivity contribution in [1.82, 2.24) is 5.32 Å². The third kappa shape index (κ3) is 5.31. The van der Waals surface area contributed by atoms with E-state index in [2.05, 4.69) is 53.1 Å². The lowest BCUT2D eigenvalue weighted by Gasteiger charge is -2.49. The van der Waals surface area contributed by atoms with Crippen LogP contribution in [0.4, 0.5) is 5.69 Å². The first-order valence-electron chi connectivity index (χ1n) is 12.6. The normalized spacial score (nSPS) is 26.0. The first kappa shape index (κ1) is 27.4. The highest BCUT2D eigenvalue weighted by Crippen LogP contribution is 2.62. The van der Waals surface area contributed by atoms with Crippen LogP contribution in [0.1, 0.15) is 43.2 Å². The van der Waals surface area contributed by atoms with Crippen LogP contribution in [-0.4, -0.2) is 39.6 Å². The fourth-order valence-corrected chi connectivity index (χ4v) is 6.94. The van der Waals surface area contributed by atoms with Gasteiger partial charge in [-0.1, -0.05) is 72.3 Å². The Bertz CT molecular complexity index is 1160. The number of rotatable bonds is 5. The van der Waals surface area contributed by atoms with Crippen molar-refractivity contribution in [3.63, 3.8) is 0 Å². The fourth-order valence-electron chi connectivity index (χ4n) is 5.56. The molecule has 2 aromatic rings. The van der Waals surface area contributed by atoms with E-state index >= 15 is 0 Å². The van der Waals surface area contributed by atoms with Crippen molar-refractivity contribution in [2.75, 3.05) is 19.0 Å². The number of hydrogen-bond acceptors (Lipinski definition) is 3. The maximum absolute atomic E-state index is 13.7. The minimum atomic E-state index is -0.847. The van der Waals surface area contributed by atoms with Crippen molar-refractivity contribution in [2.45, 2.75) is 69.2 Å². The lowest BCUT2D eigenvalue weighted by Crippen LogP contribution is -2.64. The second-order valence-corrected chi connectivity index (χ2v) is 18.8. The van der Waals surface area contributed by atoms with Crippen LogP contribution in [0.5, 0.6) is 0 Å². The molecule has 1 saturated heterocycles. The van der Waals surface area contributed by atoms with Crippen LogP contribution in [0.25, 0.3) is 0 Å². The number of amides is 2. The number of anilines is 1. The van der Waals surface area contributed by atoms with Gasteiger partial charge in [-0.25, -0.2) is 0 Å². The predicted molar refractivity (Wildman–Crippen MR) is 153 cm³/mol. The monoisotopic (exact) mass is 590 g/mol. The number of piperidine rings is 1. The van der Waals surface area contributed by atoms with Gasteiger partial charge in [0.1, 0.15) is 5.41 Å². The van der Waals surface area contributed by atoms with E-state index in [1.54, 1.807) is 7.11 Å². The van der Waals surface area contributed by atoms with Crippen molar-refractivity contribution >= 4 is 53.1 Å². The van der Waals surface area contributed by atoms with Crippen LogP contribution in [0.15, 0.2) is 46.9 Å². The quantitative estimate of drug-likeness (QED) is 0.379. The van der Waals surface area contributed by atoms with Crippen LogP contribution < -0.4 is 10.6 Å². The Morgan fingerprint density at radius 1 is 1.14 bits per heavy atom. The van der Waals surface area contributed by atoms with Crippen molar-refractivity contribution in [1.29, 1.82) is 0 Å². The van der Waals surface area contributed by atoms with Gasteiger partial charge in [-0.3, -0.25) is 9.59 Å². The van der Waals surface area contributed by atoms with Gasteiger partial charge in [-0.15, -0.1) is 0 Å². The molecule has 2 N–H and O–H groups in total. The highest BCUT2D eigenvalue weighted by atomic mass is 79.9. The summed E-state index contributed by atoms with van der Waals surface area (Å²) in [5.74, 6) is -0.319. The number of nitrogens with one attached hydrogen (secondary N) is 2. The van der Waals surface area contributed by atoms with E-state index in [0.29, 0.717) is 5.02 Å². The second-order valence-electron chi connectivity index (χ2n) is 11.8. The maximum Gasteiger partial charge on any atom is 0.237 e. The predicted octanol–water partition coefficient (Wildman–Crippen LogP) is 6.74. The van der Waals surface area contributed by atoms with Gasteiger partial charge in [0.25, 0.3) is 0 Å². The van der Waals surface area contributed by atoms with Gasteiger partial charge in [0, 0.05) is 49.3 Å². The molecule has 194 valence electrons. The highest BCUT2D eigenvalue weighted by molar-refractivity contribution is 9.10. The third-order valence-electron chi connectivity index (χ3n) is 7.79. The SMILES string of the molecule is CC1([C@H]2NC(=O)C[C@@H](c3cccc(Cl)c3)[C@]23C(=O)Nc2cc(Br)ccc23)CC1.COCC[Si](C)(C)C. The van der Waals surface area contributed by atoms with Crippen LogP contribution >= 0.6 is 27.5 Å². The number of benzene rings is 2. The summed E-state index contributed by atoms with van der Waals surface area (Å²) in [5, 5.41) is 6.93. The zero-order valence-corrected chi connectivity index (χ0v) is 25.1. The molecule has 36 heavy (non-hydrogen) atoms. The van der Waals surface area contributed by atoms with Crippen LogP contribution in [-0.2, 0) is 19.7 Å². The molecule has 0 unspecified atom stereocenters. The highest BCUT2D eigenvalue weighted by Gasteiger charge is 2.67. The summed E-state index contributed by atoms with van der Waals surface area (Å²) in [6.07, 6.45) is 2.26. The molecule has 2 fully saturated rings. The fraction of sp³-hybridized carbons (Fsp3) is 0.500. The van der Waals surface area contributed by atoms with Crippen LogP contribution in [0.2, 0.25) is 30.7 Å². The minimum Gasteiger partial charge on any atom is -0.385 e. The number of hydrogen-bond donors (Lipinski definition) is 2. The van der Waals surface area contributed by atoms with Crippen molar-refractivity contribution in [3.05, 3.63) is 63.1 Å². The zero-order valence-electron chi connectivity index (χ0n) is 21.7. The lowest BCUT2D eigenvalue weighted by atomic mass is 9.57. The van der Waals surface area contributed by atoms with Crippen molar-refractivity contribution < 1.29 is 14.3 Å². The molecule has 1 saturated carbocycles. The summed E-state index contributed by atoms with van der Waals surface area (Å²) in [5.41, 5.74) is 1.78. The minimum absolute atomic E-state index is 0.00733. The number of carbonyl (C=O) groups excluding carboxylic acids is 2. The van der Waals surface area contributed by atoms with Gasteiger partial charge >= 0.3 is 0 Å². The zero-order chi connectivity index (χ0) is 26.3. The van der Waals surface area contributed by atoms with Crippen molar-refractivity contribution in [2.24, 2.45) is 5.41 Å². The molecule has 2 amide bonds. The standard InChI is InChI=1S/C22H20BrClN2O2.C6H16OSi/c1-21(7-8-21)19-22(15-6-5-13(23)10-17(15)25-20(22)28)16(11-18(27)26-19)12-3-2-4-14(24)9-12;1-7-5-6-8(2,3)4/h2-6,9-10,16,19H,7-8,11H2,1H3,(H,25,28)(H,26,27);5-6H2,1-4H3/t16-,19+,22-;/m0./s1. The summed E-state index contributed by atoms with van der Waals surface area (Å²) in [7, 11) is 0.961. The number of fused-ring (bicyclic) bond motifs is 2. The smallest absolute Gasteiger partial charge is 0.237 e. The molecule has 3 aliphatic rings. The molecule has 1 aliphatic carbocycles. The molecule has 2 heterocycles. The van der Waals surface area contributed by atoms with Gasteiger partial charge in [0.2, 0.25) is 11.8 Å². The number of halogens is 2. The first-order valence-corrected chi connectivity index (χ1v) is 17.4. The Morgan fingerprint density at radius 3 is 2.44 bits per heavy atom. The Hall–Kier alpha value is -1.67. The van der Waals surface area contributed by atoms with Gasteiger partial charge in [-0.2, -0.15) is 0 Å². The number of ether oxygens (including phenoxy) is 1. The molecule has 2 aromatic carbocycles. The molecule has 0 bridgehead atoms. The molecule has 5 rings (SSSR count). The Balaban J connectivity index is 0.000000331. The van der Waals surface area contributed by atoms with E-state index in [-0.39, 0.29) is 35.6 Å². The van der Waals surface area contributed by atoms with E-state index in [0.717, 1.165) is 40.7 Å². The third-order valence-corrected chi connectivity index (χ3v) is 10.2. The van der Waals surface area contributed by atoms with Gasteiger partial charge in [-0.05, 0) is 59.7 Å². The molecular formula is C28H36BrClN2O3Si. The topological polar surface area (TPSA) is 67.4 Å². The molecule has 8 heteroatoms. The largest absolute Gasteiger partial charge is 0.385 e. The molecule has 1 spiro atoms. The lowest BCUT2D eigenvalue weighted by molar-refractivity contribution is -0.132. The van der Waals surface area contributed by atoms with Crippen molar-refractivity contribution in [3.8, 4) is 0 Å². The molecule has 0 aromatic heterocycles.